The Hall–Kier alpha value is -2.11. The van der Waals surface area contributed by atoms with Gasteiger partial charge in [0, 0.05) is 29.3 Å². The van der Waals surface area contributed by atoms with Crippen molar-refractivity contribution in [2.75, 3.05) is 11.9 Å². The molecule has 126 valence electrons. The Labute approximate surface area is 145 Å². The predicted molar refractivity (Wildman–Crippen MR) is 92.4 cm³/mol. The Bertz CT molecular complexity index is 743. The molecule has 0 spiro atoms. The number of nitrogens with one attached hydrogen (secondary N) is 2. The summed E-state index contributed by atoms with van der Waals surface area (Å²) in [5, 5.41) is 3.33. The Morgan fingerprint density at radius 3 is 2.88 bits per heavy atom. The third-order valence-electron chi connectivity index (χ3n) is 4.18. The summed E-state index contributed by atoms with van der Waals surface area (Å²) in [7, 11) is 0. The highest BCUT2D eigenvalue weighted by atomic mass is 35.5. The first-order valence-corrected chi connectivity index (χ1v) is 8.32. The number of halogens is 1. The van der Waals surface area contributed by atoms with Crippen molar-refractivity contribution in [1.29, 1.82) is 0 Å². The van der Waals surface area contributed by atoms with Crippen molar-refractivity contribution in [3.05, 3.63) is 52.8 Å². The van der Waals surface area contributed by atoms with E-state index in [2.05, 4.69) is 10.3 Å². The summed E-state index contributed by atoms with van der Waals surface area (Å²) in [4.78, 5) is 28.1. The largest absolute Gasteiger partial charge is 0.378 e. The van der Waals surface area contributed by atoms with Gasteiger partial charge in [0.25, 0.3) is 0 Å². The average Bonchev–Trinajstić information content (AvgIpc) is 3.10. The maximum absolute atomic E-state index is 12.6. The van der Waals surface area contributed by atoms with Crippen LogP contribution in [-0.4, -0.2) is 29.4 Å². The van der Waals surface area contributed by atoms with Crippen molar-refractivity contribution < 1.29 is 14.3 Å². The van der Waals surface area contributed by atoms with Gasteiger partial charge in [-0.3, -0.25) is 9.59 Å². The van der Waals surface area contributed by atoms with Gasteiger partial charge >= 0.3 is 0 Å². The fourth-order valence-electron chi connectivity index (χ4n) is 2.90. The van der Waals surface area contributed by atoms with Crippen LogP contribution in [0, 0.1) is 5.92 Å². The molecule has 2 N–H and O–H groups in total. The third kappa shape index (κ3) is 3.68. The van der Waals surface area contributed by atoms with Crippen molar-refractivity contribution in [2.45, 2.75) is 25.9 Å². The van der Waals surface area contributed by atoms with Crippen LogP contribution in [0.3, 0.4) is 0 Å². The van der Waals surface area contributed by atoms with E-state index < -0.39 is 0 Å². The van der Waals surface area contributed by atoms with Crippen LogP contribution in [0.1, 0.15) is 35.8 Å². The van der Waals surface area contributed by atoms with Gasteiger partial charge in [-0.15, -0.1) is 0 Å². The molecule has 3 rings (SSSR count). The van der Waals surface area contributed by atoms with Gasteiger partial charge in [-0.2, -0.15) is 0 Å². The number of carbonyl (C=O) groups excluding carboxylic acids is 2. The molecule has 0 radical (unpaired) electrons. The number of rotatable bonds is 4. The zero-order valence-electron chi connectivity index (χ0n) is 13.3. The summed E-state index contributed by atoms with van der Waals surface area (Å²) >= 11 is 6.03. The molecule has 1 aliphatic rings. The van der Waals surface area contributed by atoms with E-state index in [1.807, 2.05) is 6.92 Å². The average molecular weight is 347 g/mol. The number of amides is 1. The maximum Gasteiger partial charge on any atom is 0.227 e. The smallest absolute Gasteiger partial charge is 0.227 e. The molecule has 2 heterocycles. The molecule has 1 aromatic heterocycles. The molecule has 1 fully saturated rings. The summed E-state index contributed by atoms with van der Waals surface area (Å²) in [5.41, 5.74) is 1.30. The highest BCUT2D eigenvalue weighted by Gasteiger charge is 2.26. The van der Waals surface area contributed by atoms with E-state index in [1.54, 1.807) is 36.5 Å². The minimum absolute atomic E-state index is 0.0692. The minimum Gasteiger partial charge on any atom is -0.378 e. The fraction of sp³-hybridized carbons (Fsp3) is 0.333. The first-order chi connectivity index (χ1) is 11.5. The Kier molecular flexibility index (Phi) is 5.02. The minimum atomic E-state index is -0.210. The summed E-state index contributed by atoms with van der Waals surface area (Å²) in [6.07, 6.45) is 3.11. The van der Waals surface area contributed by atoms with Crippen LogP contribution in [0.4, 0.5) is 5.69 Å². The number of aromatic nitrogens is 1. The van der Waals surface area contributed by atoms with E-state index in [0.717, 1.165) is 0 Å². The van der Waals surface area contributed by atoms with Gasteiger partial charge < -0.3 is 15.0 Å². The van der Waals surface area contributed by atoms with Gasteiger partial charge in [-0.05, 0) is 50.1 Å². The molecule has 1 aliphatic heterocycles. The zero-order valence-corrected chi connectivity index (χ0v) is 14.1. The SMILES string of the molecule is C[C@H]1C[C@H](C(=O)Nc2ccc(Cl)cc2C(=O)c2ccc[nH]2)CCO1. The van der Waals surface area contributed by atoms with E-state index in [0.29, 0.717) is 41.4 Å². The fourth-order valence-corrected chi connectivity index (χ4v) is 3.07. The topological polar surface area (TPSA) is 71.2 Å². The van der Waals surface area contributed by atoms with Crippen molar-refractivity contribution in [2.24, 2.45) is 5.92 Å². The number of anilines is 1. The van der Waals surface area contributed by atoms with Crippen LogP contribution in [0.15, 0.2) is 36.5 Å². The number of carbonyl (C=O) groups is 2. The summed E-state index contributed by atoms with van der Waals surface area (Å²) < 4.78 is 5.48. The Balaban J connectivity index is 1.83. The molecule has 0 saturated carbocycles. The third-order valence-corrected chi connectivity index (χ3v) is 4.42. The van der Waals surface area contributed by atoms with Gasteiger partial charge in [0.05, 0.1) is 17.5 Å². The molecule has 6 heteroatoms. The first kappa shape index (κ1) is 16.7. The van der Waals surface area contributed by atoms with Crippen LogP contribution in [0.5, 0.6) is 0 Å². The number of H-pyrrole nitrogens is 1. The van der Waals surface area contributed by atoms with E-state index in [1.165, 1.54) is 0 Å². The number of aromatic amines is 1. The van der Waals surface area contributed by atoms with Crippen LogP contribution < -0.4 is 5.32 Å². The maximum atomic E-state index is 12.6. The lowest BCUT2D eigenvalue weighted by Crippen LogP contribution is -2.32. The number of ketones is 1. The quantitative estimate of drug-likeness (QED) is 0.830. The number of benzene rings is 1. The van der Waals surface area contributed by atoms with E-state index in [4.69, 9.17) is 16.3 Å². The monoisotopic (exact) mass is 346 g/mol. The molecule has 0 bridgehead atoms. The Morgan fingerprint density at radius 2 is 2.17 bits per heavy atom. The van der Waals surface area contributed by atoms with Crippen molar-refractivity contribution in [3.8, 4) is 0 Å². The highest BCUT2D eigenvalue weighted by molar-refractivity contribution is 6.31. The molecular weight excluding hydrogens is 328 g/mol. The molecule has 24 heavy (non-hydrogen) atoms. The normalized spacial score (nSPS) is 20.6. The second kappa shape index (κ2) is 7.20. The predicted octanol–water partition coefficient (Wildman–Crippen LogP) is 3.65. The van der Waals surface area contributed by atoms with E-state index >= 15 is 0 Å². The van der Waals surface area contributed by atoms with Crippen molar-refractivity contribution >= 4 is 29.0 Å². The molecule has 0 aliphatic carbocycles. The molecule has 2 aromatic rings. The second-order valence-electron chi connectivity index (χ2n) is 5.99. The molecule has 0 unspecified atom stereocenters. The first-order valence-electron chi connectivity index (χ1n) is 7.94. The van der Waals surface area contributed by atoms with Crippen molar-refractivity contribution in [1.82, 2.24) is 4.98 Å². The van der Waals surface area contributed by atoms with E-state index in [9.17, 15) is 9.59 Å². The van der Waals surface area contributed by atoms with Crippen LogP contribution in [-0.2, 0) is 9.53 Å². The van der Waals surface area contributed by atoms with Gasteiger partial charge in [0.15, 0.2) is 0 Å². The molecule has 1 saturated heterocycles. The lowest BCUT2D eigenvalue weighted by Gasteiger charge is -2.26. The van der Waals surface area contributed by atoms with E-state index in [-0.39, 0.29) is 23.7 Å². The molecule has 5 nitrogen and oxygen atoms in total. The number of hydrogen-bond acceptors (Lipinski definition) is 3. The standard InChI is InChI=1S/C18H19ClN2O3/c1-11-9-12(6-8-24-11)18(23)21-15-5-4-13(19)10-14(15)17(22)16-3-2-7-20-16/h2-5,7,10-12,20H,6,8-9H2,1H3,(H,21,23)/t11-,12+/m0/s1. The Morgan fingerprint density at radius 1 is 1.33 bits per heavy atom. The molecule has 2 atom stereocenters. The van der Waals surface area contributed by atoms with Crippen molar-refractivity contribution in [3.63, 3.8) is 0 Å². The van der Waals surface area contributed by atoms with Gasteiger partial charge in [-0.25, -0.2) is 0 Å². The number of hydrogen-bond donors (Lipinski definition) is 2. The van der Waals surface area contributed by atoms with Gasteiger partial charge in [-0.1, -0.05) is 11.6 Å². The summed E-state index contributed by atoms with van der Waals surface area (Å²) in [5.74, 6) is -0.413. The molecule has 1 aromatic carbocycles. The number of ether oxygens (including phenoxy) is 1. The zero-order chi connectivity index (χ0) is 17.1. The molecule has 1 amide bonds. The lowest BCUT2D eigenvalue weighted by molar-refractivity contribution is -0.124. The van der Waals surface area contributed by atoms with Gasteiger partial charge in [0.1, 0.15) is 0 Å². The molecular formula is C18H19ClN2O3. The lowest BCUT2D eigenvalue weighted by atomic mass is 9.95. The van der Waals surface area contributed by atoms with Crippen LogP contribution in [0.2, 0.25) is 5.02 Å². The summed E-state index contributed by atoms with van der Waals surface area (Å²) in [6.45, 7) is 2.54. The van der Waals surface area contributed by atoms with Gasteiger partial charge in [0.2, 0.25) is 11.7 Å². The summed E-state index contributed by atoms with van der Waals surface area (Å²) in [6, 6.07) is 8.34. The van der Waals surface area contributed by atoms with Crippen LogP contribution in [0.25, 0.3) is 0 Å². The second-order valence-corrected chi connectivity index (χ2v) is 6.43. The van der Waals surface area contributed by atoms with Crippen LogP contribution >= 0.6 is 11.6 Å². The highest BCUT2D eigenvalue weighted by Crippen LogP contribution is 2.26.